The molecular formula is C26H32N4O5S. The van der Waals surface area contributed by atoms with Crippen molar-refractivity contribution in [3.63, 3.8) is 0 Å². The maximum atomic E-state index is 12.9. The number of rotatable bonds is 6. The number of amides is 2. The third-order valence-corrected chi connectivity index (χ3v) is 9.55. The highest BCUT2D eigenvalue weighted by molar-refractivity contribution is 8.25. The van der Waals surface area contributed by atoms with Gasteiger partial charge in [-0.3, -0.25) is 28.8 Å². The molecule has 2 amide bonds. The maximum absolute atomic E-state index is 12.9. The zero-order chi connectivity index (χ0) is 26.1. The molecule has 0 unspecified atom stereocenters. The summed E-state index contributed by atoms with van der Waals surface area (Å²) in [6.45, 7) is 5.84. The first-order valence-electron chi connectivity index (χ1n) is 11.7. The van der Waals surface area contributed by atoms with Crippen molar-refractivity contribution in [3.05, 3.63) is 59.7 Å². The zero-order valence-electron chi connectivity index (χ0n) is 20.3. The molecule has 0 aromatic heterocycles. The number of nitrogens with zero attached hydrogens (tertiary/aromatic N) is 2. The van der Waals surface area contributed by atoms with Gasteiger partial charge in [-0.15, -0.1) is 6.42 Å². The molecule has 2 aromatic rings. The summed E-state index contributed by atoms with van der Waals surface area (Å²) in [5.41, 5.74) is 3.89. The van der Waals surface area contributed by atoms with Gasteiger partial charge in [0.05, 0.1) is 33.8 Å². The number of para-hydroxylation sites is 1. The summed E-state index contributed by atoms with van der Waals surface area (Å²) in [6.07, 6.45) is 5.38. The molecule has 2 aromatic carbocycles. The minimum atomic E-state index is -2.95. The molecule has 2 atom stereocenters. The van der Waals surface area contributed by atoms with E-state index in [-0.39, 0.29) is 5.91 Å². The normalized spacial score (nSPS) is 23.3. The van der Waals surface area contributed by atoms with Crippen molar-refractivity contribution in [2.45, 2.75) is 36.1 Å². The molecule has 2 aliphatic heterocycles. The Labute approximate surface area is 212 Å². The van der Waals surface area contributed by atoms with Crippen molar-refractivity contribution in [1.29, 1.82) is 0 Å². The third-order valence-electron chi connectivity index (χ3n) is 6.92. The molecule has 4 rings (SSSR count). The lowest BCUT2D eigenvalue weighted by molar-refractivity contribution is -0.133. The van der Waals surface area contributed by atoms with Gasteiger partial charge in [-0.25, -0.2) is 5.48 Å². The van der Waals surface area contributed by atoms with Crippen LogP contribution in [0.15, 0.2) is 53.4 Å². The van der Waals surface area contributed by atoms with E-state index in [2.05, 4.69) is 16.1 Å². The molecule has 1 saturated heterocycles. The number of likely N-dealkylation sites (tertiary alicyclic amines) is 1. The van der Waals surface area contributed by atoms with Crippen molar-refractivity contribution in [2.24, 2.45) is 5.92 Å². The summed E-state index contributed by atoms with van der Waals surface area (Å²) in [4.78, 5) is 29.5. The van der Waals surface area contributed by atoms with Gasteiger partial charge in [0.2, 0.25) is 5.91 Å². The summed E-state index contributed by atoms with van der Waals surface area (Å²) in [7, 11) is -2.95. The van der Waals surface area contributed by atoms with E-state index >= 15 is 0 Å². The van der Waals surface area contributed by atoms with Crippen LogP contribution >= 0.6 is 10.6 Å². The van der Waals surface area contributed by atoms with E-state index in [1.165, 1.54) is 0 Å². The second kappa shape index (κ2) is 10.1. The number of hydrogen-bond acceptors (Lipinski definition) is 7. The van der Waals surface area contributed by atoms with Gasteiger partial charge in [0.15, 0.2) is 0 Å². The highest BCUT2D eigenvalue weighted by atomic mass is 32.3. The van der Waals surface area contributed by atoms with Crippen LogP contribution in [-0.2, 0) is 11.3 Å². The molecule has 5 N–H and O–H groups in total. The van der Waals surface area contributed by atoms with Gasteiger partial charge in [-0.2, -0.15) is 10.6 Å². The molecule has 0 bridgehead atoms. The lowest BCUT2D eigenvalue weighted by Crippen LogP contribution is -2.46. The summed E-state index contributed by atoms with van der Waals surface area (Å²) >= 11 is 0. The fourth-order valence-electron chi connectivity index (χ4n) is 4.90. The molecular weight excluding hydrogens is 480 g/mol. The number of fused-ring (bicyclic) bond motifs is 1. The molecule has 192 valence electrons. The Morgan fingerprint density at radius 1 is 1.14 bits per heavy atom. The van der Waals surface area contributed by atoms with Crippen LogP contribution in [0.2, 0.25) is 0 Å². The Bertz CT molecular complexity index is 1180. The number of hydrogen-bond donors (Lipinski definition) is 5. The number of carbonyl (C=O) groups excluding carboxylic acids is 2. The second-order valence-electron chi connectivity index (χ2n) is 9.89. The molecule has 0 radical (unpaired) electrons. The Kier molecular flexibility index (Phi) is 7.31. The van der Waals surface area contributed by atoms with Crippen LogP contribution in [0.25, 0.3) is 0 Å². The first kappa shape index (κ1) is 26.0. The fourth-order valence-corrected chi connectivity index (χ4v) is 6.59. The standard InChI is InChI=1S/C26H32N4O5S/c1-4-13-29-15-20(25(32)28-33)21(16-29)27-24(31)19-11-9-18(10-12-19)14-30-17-26(2,3)36(34,35)23-8-6-5-7-22(23)30/h1,5-12,20-21,33-35H,13-17H2,2-3H3,(H,27,31)(H,28,32)/t20-,21+/m0/s1. The van der Waals surface area contributed by atoms with Crippen molar-refractivity contribution in [1.82, 2.24) is 15.7 Å². The summed E-state index contributed by atoms with van der Waals surface area (Å²) in [6, 6.07) is 14.1. The first-order chi connectivity index (χ1) is 17.1. The number of hydroxylamine groups is 1. The summed E-state index contributed by atoms with van der Waals surface area (Å²) in [5, 5.41) is 12.0. The van der Waals surface area contributed by atoms with Crippen LogP contribution in [0.4, 0.5) is 5.69 Å². The molecule has 0 saturated carbocycles. The molecule has 2 aliphatic rings. The van der Waals surface area contributed by atoms with E-state index in [0.29, 0.717) is 43.2 Å². The molecule has 1 fully saturated rings. The zero-order valence-corrected chi connectivity index (χ0v) is 21.2. The summed E-state index contributed by atoms with van der Waals surface area (Å²) < 4.78 is 21.1. The van der Waals surface area contributed by atoms with Crippen LogP contribution in [0.5, 0.6) is 0 Å². The number of anilines is 1. The van der Waals surface area contributed by atoms with E-state index in [1.54, 1.807) is 23.7 Å². The topological polar surface area (TPSA) is 125 Å². The van der Waals surface area contributed by atoms with Crippen LogP contribution in [-0.4, -0.2) is 68.0 Å². The van der Waals surface area contributed by atoms with Gasteiger partial charge in [0.1, 0.15) is 0 Å². The number of benzene rings is 2. The molecule has 10 heteroatoms. The van der Waals surface area contributed by atoms with Crippen molar-refractivity contribution < 1.29 is 23.9 Å². The Morgan fingerprint density at radius 3 is 2.50 bits per heavy atom. The van der Waals surface area contributed by atoms with Gasteiger partial charge < -0.3 is 10.2 Å². The van der Waals surface area contributed by atoms with E-state index in [9.17, 15) is 18.7 Å². The smallest absolute Gasteiger partial charge is 0.251 e. The molecule has 9 nitrogen and oxygen atoms in total. The van der Waals surface area contributed by atoms with E-state index in [4.69, 9.17) is 11.6 Å². The highest BCUT2D eigenvalue weighted by Crippen LogP contribution is 2.64. The monoisotopic (exact) mass is 512 g/mol. The van der Waals surface area contributed by atoms with Crippen molar-refractivity contribution >= 4 is 28.1 Å². The maximum Gasteiger partial charge on any atom is 0.251 e. The molecule has 36 heavy (non-hydrogen) atoms. The predicted molar refractivity (Wildman–Crippen MR) is 139 cm³/mol. The molecule has 0 spiro atoms. The first-order valence-corrected chi connectivity index (χ1v) is 13.2. The van der Waals surface area contributed by atoms with Crippen molar-refractivity contribution in [2.75, 3.05) is 31.1 Å². The highest BCUT2D eigenvalue weighted by Gasteiger charge is 2.43. The Balaban J connectivity index is 1.46. The van der Waals surface area contributed by atoms with Gasteiger partial charge >= 0.3 is 0 Å². The van der Waals surface area contributed by atoms with Crippen LogP contribution in [0.3, 0.4) is 0 Å². The largest absolute Gasteiger partial charge is 0.364 e. The van der Waals surface area contributed by atoms with Gasteiger partial charge in [-0.05, 0) is 43.7 Å². The SMILES string of the molecule is C#CCN1C[C@H](C(=O)NO)[C@H](NC(=O)c2ccc(CN3CC(C)(C)S(O)(O)c4ccccc43)cc2)C1. The van der Waals surface area contributed by atoms with Gasteiger partial charge in [0.25, 0.3) is 5.91 Å². The second-order valence-corrected chi connectivity index (χ2v) is 12.5. The molecule has 0 aliphatic carbocycles. The van der Waals surface area contributed by atoms with Gasteiger partial charge in [-0.1, -0.05) is 30.2 Å². The van der Waals surface area contributed by atoms with E-state index in [0.717, 1.165) is 11.3 Å². The van der Waals surface area contributed by atoms with E-state index in [1.807, 2.05) is 49.1 Å². The predicted octanol–water partition coefficient (Wildman–Crippen LogP) is 2.76. The number of nitrogens with one attached hydrogen (secondary N) is 2. The minimum absolute atomic E-state index is 0.316. The Hall–Kier alpha value is -3.07. The lowest BCUT2D eigenvalue weighted by Gasteiger charge is -2.54. The number of terminal acetylenes is 1. The summed E-state index contributed by atoms with van der Waals surface area (Å²) in [5.74, 6) is 1.05. The van der Waals surface area contributed by atoms with Gasteiger partial charge in [0, 0.05) is 31.7 Å². The Morgan fingerprint density at radius 2 is 1.83 bits per heavy atom. The van der Waals surface area contributed by atoms with Crippen molar-refractivity contribution in [3.8, 4) is 12.3 Å². The van der Waals surface area contributed by atoms with Crippen LogP contribution in [0.1, 0.15) is 29.8 Å². The number of carbonyl (C=O) groups is 2. The average molecular weight is 513 g/mol. The van der Waals surface area contributed by atoms with Crippen LogP contribution in [0, 0.1) is 18.3 Å². The average Bonchev–Trinajstić information content (AvgIpc) is 3.25. The minimum Gasteiger partial charge on any atom is -0.364 e. The quantitative estimate of drug-likeness (QED) is 0.229. The molecule has 2 heterocycles. The van der Waals surface area contributed by atoms with E-state index < -0.39 is 33.2 Å². The third kappa shape index (κ3) is 4.93. The lowest BCUT2D eigenvalue weighted by atomic mass is 10.0. The fraction of sp³-hybridized carbons (Fsp3) is 0.385. The van der Waals surface area contributed by atoms with Crippen LogP contribution < -0.4 is 15.7 Å².